The molecule has 0 heterocycles. The summed E-state index contributed by atoms with van der Waals surface area (Å²) in [5.74, 6) is 6.01. The third-order valence-electron chi connectivity index (χ3n) is 1.82. The third-order valence-corrected chi connectivity index (χ3v) is 2.11. The number of rotatable bonds is 3. The molecule has 0 aliphatic heterocycles. The predicted octanol–water partition coefficient (Wildman–Crippen LogP) is 2.94. The fourth-order valence-electron chi connectivity index (χ4n) is 1.02. The molecule has 0 atom stereocenters. The van der Waals surface area contributed by atoms with Gasteiger partial charge < -0.3 is 4.74 Å². The second-order valence-corrected chi connectivity index (χ2v) is 3.32. The molecule has 0 N–H and O–H groups in total. The van der Waals surface area contributed by atoms with E-state index in [9.17, 15) is 4.79 Å². The normalized spacial score (nSPS) is 9.00. The van der Waals surface area contributed by atoms with Crippen LogP contribution in [0.1, 0.15) is 24.2 Å². The van der Waals surface area contributed by atoms with Gasteiger partial charge in [-0.2, -0.15) is 0 Å². The molecule has 0 saturated heterocycles. The van der Waals surface area contributed by atoms with Crippen molar-refractivity contribution in [1.29, 1.82) is 0 Å². The van der Waals surface area contributed by atoms with Gasteiger partial charge in [0.25, 0.3) is 0 Å². The lowest BCUT2D eigenvalue weighted by atomic mass is 10.1. The summed E-state index contributed by atoms with van der Waals surface area (Å²) in [7, 11) is 0. The van der Waals surface area contributed by atoms with Gasteiger partial charge in [-0.3, -0.25) is 4.79 Å². The zero-order chi connectivity index (χ0) is 11.3. The number of carbonyl (C=O) groups is 1. The van der Waals surface area contributed by atoms with Crippen LogP contribution in [0.15, 0.2) is 18.2 Å². The molecule has 15 heavy (non-hydrogen) atoms. The summed E-state index contributed by atoms with van der Waals surface area (Å²) >= 11 is 5.93. The highest BCUT2D eigenvalue weighted by atomic mass is 35.5. The molecule has 0 aromatic heterocycles. The van der Waals surface area contributed by atoms with Crippen molar-refractivity contribution in [2.45, 2.75) is 13.8 Å². The fourth-order valence-corrected chi connectivity index (χ4v) is 1.26. The molecule has 0 saturated carbocycles. The van der Waals surface area contributed by atoms with Gasteiger partial charge in [-0.25, -0.2) is 0 Å². The number of benzene rings is 1. The van der Waals surface area contributed by atoms with Gasteiger partial charge in [-0.05, 0) is 32.0 Å². The molecule has 2 nitrogen and oxygen atoms in total. The first-order chi connectivity index (χ1) is 7.15. The molecule has 78 valence electrons. The number of Topliss-reactive ketones (excluding diaryl/α,β-unsaturated/α-hetero) is 1. The van der Waals surface area contributed by atoms with E-state index in [2.05, 4.69) is 11.8 Å². The van der Waals surface area contributed by atoms with Gasteiger partial charge >= 0.3 is 0 Å². The molecule has 3 heteroatoms. The quantitative estimate of drug-likeness (QED) is 0.581. The zero-order valence-corrected chi connectivity index (χ0v) is 9.39. The lowest BCUT2D eigenvalue weighted by Gasteiger charge is -2.05. The standard InChI is InChI=1S/C12H11ClO2/c1-3-4-7-15-12-6-5-10(9(2)14)8-11(12)13/h5-6,8H,7H2,1-2H3. The number of ketones is 1. The topological polar surface area (TPSA) is 26.3 Å². The van der Waals surface area contributed by atoms with Crippen LogP contribution in [0.2, 0.25) is 5.02 Å². The average molecular weight is 223 g/mol. The van der Waals surface area contributed by atoms with E-state index in [1.165, 1.54) is 6.92 Å². The maximum atomic E-state index is 11.0. The van der Waals surface area contributed by atoms with Crippen molar-refractivity contribution in [1.82, 2.24) is 0 Å². The van der Waals surface area contributed by atoms with Crippen molar-refractivity contribution in [3.63, 3.8) is 0 Å². The van der Waals surface area contributed by atoms with Gasteiger partial charge in [-0.1, -0.05) is 17.5 Å². The van der Waals surface area contributed by atoms with Crippen LogP contribution in [0.5, 0.6) is 5.75 Å². The molecule has 0 amide bonds. The lowest BCUT2D eigenvalue weighted by molar-refractivity contribution is 0.101. The monoisotopic (exact) mass is 222 g/mol. The van der Waals surface area contributed by atoms with Crippen LogP contribution in [0.25, 0.3) is 0 Å². The van der Waals surface area contributed by atoms with E-state index in [4.69, 9.17) is 16.3 Å². The van der Waals surface area contributed by atoms with Crippen LogP contribution in [0, 0.1) is 11.8 Å². The molecule has 1 aromatic rings. The molecule has 0 aliphatic rings. The smallest absolute Gasteiger partial charge is 0.159 e. The number of carbonyl (C=O) groups excluding carboxylic acids is 1. The Balaban J connectivity index is 2.82. The van der Waals surface area contributed by atoms with Crippen LogP contribution in [0.3, 0.4) is 0 Å². The summed E-state index contributed by atoms with van der Waals surface area (Å²) < 4.78 is 5.30. The molecule has 0 aliphatic carbocycles. The average Bonchev–Trinajstić information content (AvgIpc) is 2.20. The highest BCUT2D eigenvalue weighted by molar-refractivity contribution is 6.32. The van der Waals surface area contributed by atoms with Gasteiger partial charge in [0, 0.05) is 5.56 Å². The molecule has 0 spiro atoms. The highest BCUT2D eigenvalue weighted by Gasteiger charge is 2.05. The van der Waals surface area contributed by atoms with E-state index in [1.54, 1.807) is 25.1 Å². The summed E-state index contributed by atoms with van der Waals surface area (Å²) in [5.41, 5.74) is 0.578. The maximum Gasteiger partial charge on any atom is 0.159 e. The summed E-state index contributed by atoms with van der Waals surface area (Å²) in [4.78, 5) is 11.0. The minimum atomic E-state index is -0.0169. The minimum absolute atomic E-state index is 0.0169. The van der Waals surface area contributed by atoms with Crippen molar-refractivity contribution in [2.75, 3.05) is 6.61 Å². The summed E-state index contributed by atoms with van der Waals surface area (Å²) in [6.07, 6.45) is 0. The molecular weight excluding hydrogens is 212 g/mol. The van der Waals surface area contributed by atoms with Gasteiger partial charge in [0.2, 0.25) is 0 Å². The zero-order valence-electron chi connectivity index (χ0n) is 8.63. The first-order valence-corrected chi connectivity index (χ1v) is 4.86. The SMILES string of the molecule is CC#CCOc1ccc(C(C)=O)cc1Cl. The summed E-state index contributed by atoms with van der Waals surface area (Å²) in [5, 5.41) is 0.431. The molecule has 1 aromatic carbocycles. The third kappa shape index (κ3) is 3.30. The van der Waals surface area contributed by atoms with Gasteiger partial charge in [0.05, 0.1) is 5.02 Å². The highest BCUT2D eigenvalue weighted by Crippen LogP contribution is 2.25. The van der Waals surface area contributed by atoms with Crippen LogP contribution in [-0.2, 0) is 0 Å². The van der Waals surface area contributed by atoms with Crippen LogP contribution in [-0.4, -0.2) is 12.4 Å². The Bertz CT molecular complexity index is 427. The van der Waals surface area contributed by atoms with E-state index in [1.807, 2.05) is 0 Å². The van der Waals surface area contributed by atoms with E-state index in [0.29, 0.717) is 22.9 Å². The molecular formula is C12H11ClO2. The molecule has 0 radical (unpaired) electrons. The van der Waals surface area contributed by atoms with E-state index in [0.717, 1.165) is 0 Å². The maximum absolute atomic E-state index is 11.0. The van der Waals surface area contributed by atoms with Crippen molar-refractivity contribution >= 4 is 17.4 Å². The predicted molar refractivity (Wildman–Crippen MR) is 60.4 cm³/mol. The Labute approximate surface area is 94.2 Å². The van der Waals surface area contributed by atoms with E-state index in [-0.39, 0.29) is 5.78 Å². The second kappa shape index (κ2) is 5.43. The molecule has 1 rings (SSSR count). The largest absolute Gasteiger partial charge is 0.479 e. The van der Waals surface area contributed by atoms with Crippen LogP contribution in [0.4, 0.5) is 0 Å². The van der Waals surface area contributed by atoms with Crippen molar-refractivity contribution in [2.24, 2.45) is 0 Å². The van der Waals surface area contributed by atoms with Gasteiger partial charge in [0.1, 0.15) is 12.4 Å². The van der Waals surface area contributed by atoms with E-state index < -0.39 is 0 Å². The number of ether oxygens (including phenoxy) is 1. The summed E-state index contributed by atoms with van der Waals surface area (Å²) in [6, 6.07) is 4.96. The number of halogens is 1. The van der Waals surface area contributed by atoms with Gasteiger partial charge in [0.15, 0.2) is 5.78 Å². The Kier molecular flexibility index (Phi) is 4.20. The fraction of sp³-hybridized carbons (Fsp3) is 0.250. The van der Waals surface area contributed by atoms with E-state index >= 15 is 0 Å². The molecule has 0 fully saturated rings. The Morgan fingerprint density at radius 1 is 1.53 bits per heavy atom. The Hall–Kier alpha value is -1.46. The van der Waals surface area contributed by atoms with Crippen molar-refractivity contribution in [3.8, 4) is 17.6 Å². The molecule has 0 bridgehead atoms. The first-order valence-electron chi connectivity index (χ1n) is 4.48. The second-order valence-electron chi connectivity index (χ2n) is 2.92. The van der Waals surface area contributed by atoms with Crippen molar-refractivity contribution in [3.05, 3.63) is 28.8 Å². The molecule has 0 unspecified atom stereocenters. The Morgan fingerprint density at radius 2 is 2.27 bits per heavy atom. The first kappa shape index (κ1) is 11.6. The van der Waals surface area contributed by atoms with Crippen molar-refractivity contribution < 1.29 is 9.53 Å². The van der Waals surface area contributed by atoms with Crippen LogP contribution < -0.4 is 4.74 Å². The van der Waals surface area contributed by atoms with Crippen LogP contribution >= 0.6 is 11.6 Å². The Morgan fingerprint density at radius 3 is 2.80 bits per heavy atom. The minimum Gasteiger partial charge on any atom is -0.479 e. The number of hydrogen-bond acceptors (Lipinski definition) is 2. The number of hydrogen-bond donors (Lipinski definition) is 0. The van der Waals surface area contributed by atoms with Gasteiger partial charge in [-0.15, -0.1) is 5.92 Å². The summed E-state index contributed by atoms with van der Waals surface area (Å²) in [6.45, 7) is 3.54. The lowest BCUT2D eigenvalue weighted by Crippen LogP contribution is -1.97.